The zero-order valence-corrected chi connectivity index (χ0v) is 11.8. The second kappa shape index (κ2) is 5.42. The standard InChI is InChI=1S/C14H20N4O/c1-9-7-11(19-4)5-6-12(9)14(17-15)13-8-16-18(3)10(13)2/h5-8,14,17H,15H2,1-4H3. The fourth-order valence-corrected chi connectivity index (χ4v) is 2.25. The molecular formula is C14H20N4O. The van der Waals surface area contributed by atoms with E-state index >= 15 is 0 Å². The van der Waals surface area contributed by atoms with Gasteiger partial charge in [0, 0.05) is 18.3 Å². The van der Waals surface area contributed by atoms with Crippen LogP contribution in [-0.4, -0.2) is 16.9 Å². The minimum atomic E-state index is -0.0698. The number of benzene rings is 1. The van der Waals surface area contributed by atoms with E-state index in [1.165, 1.54) is 0 Å². The first kappa shape index (κ1) is 13.6. The van der Waals surface area contributed by atoms with Crippen LogP contribution in [0.15, 0.2) is 24.4 Å². The summed E-state index contributed by atoms with van der Waals surface area (Å²) in [6, 6.07) is 5.91. The third-order valence-corrected chi connectivity index (χ3v) is 3.54. The third-order valence-electron chi connectivity index (χ3n) is 3.54. The largest absolute Gasteiger partial charge is 0.497 e. The lowest BCUT2D eigenvalue weighted by molar-refractivity contribution is 0.414. The molecule has 0 amide bonds. The average molecular weight is 260 g/mol. The predicted molar refractivity (Wildman–Crippen MR) is 74.8 cm³/mol. The quantitative estimate of drug-likeness (QED) is 0.647. The molecule has 5 heteroatoms. The lowest BCUT2D eigenvalue weighted by Crippen LogP contribution is -2.29. The highest BCUT2D eigenvalue weighted by molar-refractivity contribution is 5.41. The topological polar surface area (TPSA) is 65.1 Å². The van der Waals surface area contributed by atoms with E-state index in [2.05, 4.69) is 10.5 Å². The Balaban J connectivity index is 2.45. The lowest BCUT2D eigenvalue weighted by atomic mass is 9.96. The van der Waals surface area contributed by atoms with E-state index in [4.69, 9.17) is 10.6 Å². The van der Waals surface area contributed by atoms with Crippen LogP contribution in [-0.2, 0) is 7.05 Å². The van der Waals surface area contributed by atoms with Gasteiger partial charge >= 0.3 is 0 Å². The van der Waals surface area contributed by atoms with Crippen molar-refractivity contribution < 1.29 is 4.74 Å². The fourth-order valence-electron chi connectivity index (χ4n) is 2.25. The molecule has 5 nitrogen and oxygen atoms in total. The molecule has 0 spiro atoms. The first-order valence-corrected chi connectivity index (χ1v) is 6.17. The van der Waals surface area contributed by atoms with Gasteiger partial charge in [0.1, 0.15) is 5.75 Å². The predicted octanol–water partition coefficient (Wildman–Crippen LogP) is 1.60. The number of hydrogen-bond acceptors (Lipinski definition) is 4. The molecule has 0 radical (unpaired) electrons. The van der Waals surface area contributed by atoms with Crippen LogP contribution >= 0.6 is 0 Å². The van der Waals surface area contributed by atoms with Crippen molar-refractivity contribution in [3.05, 3.63) is 46.8 Å². The summed E-state index contributed by atoms with van der Waals surface area (Å²) < 4.78 is 7.07. The van der Waals surface area contributed by atoms with E-state index in [1.807, 2.05) is 50.0 Å². The van der Waals surface area contributed by atoms with Gasteiger partial charge in [-0.05, 0) is 37.1 Å². The van der Waals surface area contributed by atoms with E-state index < -0.39 is 0 Å². The van der Waals surface area contributed by atoms with Crippen LogP contribution in [0.1, 0.15) is 28.4 Å². The van der Waals surface area contributed by atoms with Gasteiger partial charge in [-0.2, -0.15) is 5.10 Å². The van der Waals surface area contributed by atoms with Gasteiger partial charge < -0.3 is 4.74 Å². The van der Waals surface area contributed by atoms with Gasteiger partial charge in [0.25, 0.3) is 0 Å². The smallest absolute Gasteiger partial charge is 0.119 e. The van der Waals surface area contributed by atoms with E-state index in [1.54, 1.807) is 7.11 Å². The second-order valence-electron chi connectivity index (χ2n) is 4.63. The van der Waals surface area contributed by atoms with Crippen molar-refractivity contribution in [2.75, 3.05) is 7.11 Å². The zero-order chi connectivity index (χ0) is 14.0. The van der Waals surface area contributed by atoms with Crippen molar-refractivity contribution >= 4 is 0 Å². The number of hydrazine groups is 1. The summed E-state index contributed by atoms with van der Waals surface area (Å²) in [5, 5.41) is 4.27. The summed E-state index contributed by atoms with van der Waals surface area (Å²) in [7, 11) is 3.59. The maximum Gasteiger partial charge on any atom is 0.119 e. The number of methoxy groups -OCH3 is 1. The van der Waals surface area contributed by atoms with Crippen LogP contribution < -0.4 is 16.0 Å². The van der Waals surface area contributed by atoms with Crippen LogP contribution in [0.25, 0.3) is 0 Å². The monoisotopic (exact) mass is 260 g/mol. The molecule has 2 rings (SSSR count). The molecule has 0 aliphatic rings. The maximum absolute atomic E-state index is 5.74. The van der Waals surface area contributed by atoms with Crippen LogP contribution in [0.5, 0.6) is 5.75 Å². The van der Waals surface area contributed by atoms with Crippen LogP contribution in [0.2, 0.25) is 0 Å². The summed E-state index contributed by atoms with van der Waals surface area (Å²) in [5.74, 6) is 6.58. The number of aryl methyl sites for hydroxylation is 2. The number of nitrogens with two attached hydrogens (primary N) is 1. The molecule has 2 aromatic rings. The maximum atomic E-state index is 5.74. The molecule has 19 heavy (non-hydrogen) atoms. The normalized spacial score (nSPS) is 12.5. The van der Waals surface area contributed by atoms with E-state index in [0.29, 0.717) is 0 Å². The van der Waals surface area contributed by atoms with Crippen LogP contribution in [0.4, 0.5) is 0 Å². The fraction of sp³-hybridized carbons (Fsp3) is 0.357. The zero-order valence-electron chi connectivity index (χ0n) is 11.8. The number of hydrogen-bond donors (Lipinski definition) is 2. The summed E-state index contributed by atoms with van der Waals surface area (Å²) in [6.45, 7) is 4.08. The molecule has 1 aromatic carbocycles. The second-order valence-corrected chi connectivity index (χ2v) is 4.63. The Morgan fingerprint density at radius 3 is 2.53 bits per heavy atom. The van der Waals surface area contributed by atoms with Gasteiger partial charge in [0.2, 0.25) is 0 Å². The van der Waals surface area contributed by atoms with Crippen molar-refractivity contribution in [3.63, 3.8) is 0 Å². The van der Waals surface area contributed by atoms with Crippen molar-refractivity contribution in [2.24, 2.45) is 12.9 Å². The molecular weight excluding hydrogens is 240 g/mol. The highest BCUT2D eigenvalue weighted by Crippen LogP contribution is 2.28. The Morgan fingerprint density at radius 1 is 1.32 bits per heavy atom. The molecule has 102 valence electrons. The Labute approximate surface area is 113 Å². The molecule has 0 aliphatic heterocycles. The van der Waals surface area contributed by atoms with Gasteiger partial charge in [-0.1, -0.05) is 6.07 Å². The van der Waals surface area contributed by atoms with Crippen LogP contribution in [0, 0.1) is 13.8 Å². The van der Waals surface area contributed by atoms with E-state index in [0.717, 1.165) is 28.1 Å². The minimum absolute atomic E-state index is 0.0698. The first-order chi connectivity index (χ1) is 9.08. The number of nitrogens with zero attached hydrogens (tertiary/aromatic N) is 2. The summed E-state index contributed by atoms with van der Waals surface area (Å²) in [6.07, 6.45) is 1.85. The van der Waals surface area contributed by atoms with Crippen molar-refractivity contribution in [3.8, 4) is 5.75 Å². The summed E-state index contributed by atoms with van der Waals surface area (Å²) in [5.41, 5.74) is 7.30. The van der Waals surface area contributed by atoms with Crippen molar-refractivity contribution in [1.29, 1.82) is 0 Å². The molecule has 0 saturated heterocycles. The molecule has 3 N–H and O–H groups in total. The van der Waals surface area contributed by atoms with Crippen LogP contribution in [0.3, 0.4) is 0 Å². The minimum Gasteiger partial charge on any atom is -0.497 e. The highest BCUT2D eigenvalue weighted by Gasteiger charge is 2.19. The summed E-state index contributed by atoms with van der Waals surface area (Å²) in [4.78, 5) is 0. The highest BCUT2D eigenvalue weighted by atomic mass is 16.5. The van der Waals surface area contributed by atoms with E-state index in [-0.39, 0.29) is 6.04 Å². The molecule has 0 saturated carbocycles. The number of ether oxygens (including phenoxy) is 1. The Bertz CT molecular complexity index is 577. The molecule has 0 aliphatic carbocycles. The summed E-state index contributed by atoms with van der Waals surface area (Å²) >= 11 is 0. The number of rotatable bonds is 4. The Morgan fingerprint density at radius 2 is 2.05 bits per heavy atom. The Hall–Kier alpha value is -1.85. The average Bonchev–Trinajstić information content (AvgIpc) is 2.73. The molecule has 1 atom stereocenters. The van der Waals surface area contributed by atoms with Gasteiger partial charge in [0.05, 0.1) is 19.3 Å². The SMILES string of the molecule is COc1ccc(C(NN)c2cnn(C)c2C)c(C)c1. The van der Waals surface area contributed by atoms with Gasteiger partial charge in [-0.25, -0.2) is 5.43 Å². The van der Waals surface area contributed by atoms with Gasteiger partial charge in [-0.15, -0.1) is 0 Å². The molecule has 1 heterocycles. The van der Waals surface area contributed by atoms with Crippen molar-refractivity contribution in [2.45, 2.75) is 19.9 Å². The third kappa shape index (κ3) is 2.47. The number of nitrogens with one attached hydrogen (secondary N) is 1. The van der Waals surface area contributed by atoms with E-state index in [9.17, 15) is 0 Å². The molecule has 0 bridgehead atoms. The molecule has 1 aromatic heterocycles. The van der Waals surface area contributed by atoms with Gasteiger partial charge in [0.15, 0.2) is 0 Å². The number of aromatic nitrogens is 2. The lowest BCUT2D eigenvalue weighted by Gasteiger charge is -2.19. The molecule has 0 fully saturated rings. The van der Waals surface area contributed by atoms with Gasteiger partial charge in [-0.3, -0.25) is 10.5 Å². The van der Waals surface area contributed by atoms with Crippen molar-refractivity contribution in [1.82, 2.24) is 15.2 Å². The first-order valence-electron chi connectivity index (χ1n) is 6.17. The molecule has 1 unspecified atom stereocenters. The Kier molecular flexibility index (Phi) is 3.87.